The average molecular weight is 341 g/mol. The van der Waals surface area contributed by atoms with E-state index in [0.29, 0.717) is 6.10 Å². The van der Waals surface area contributed by atoms with Crippen LogP contribution in [0.4, 0.5) is 5.69 Å². The number of halogens is 1. The van der Waals surface area contributed by atoms with Gasteiger partial charge in [-0.3, -0.25) is 0 Å². The fourth-order valence-corrected chi connectivity index (χ4v) is 2.91. The summed E-state index contributed by atoms with van der Waals surface area (Å²) in [5, 5.41) is 3.50. The van der Waals surface area contributed by atoms with Crippen molar-refractivity contribution in [2.75, 3.05) is 31.1 Å². The number of hydrogen-bond acceptors (Lipinski definition) is 3. The van der Waals surface area contributed by atoms with Crippen molar-refractivity contribution in [2.24, 2.45) is 0 Å². The Morgan fingerprint density at radius 3 is 3.00 bits per heavy atom. The number of ether oxygens (including phenoxy) is 1. The maximum atomic E-state index is 5.78. The first-order valence-corrected chi connectivity index (χ1v) is 8.39. The third-order valence-electron chi connectivity index (χ3n) is 3.72. The zero-order chi connectivity index (χ0) is 14.4. The van der Waals surface area contributed by atoms with Crippen molar-refractivity contribution >= 4 is 21.6 Å². The lowest BCUT2D eigenvalue weighted by Crippen LogP contribution is -2.42. The number of morpholine rings is 1. The molecule has 1 saturated heterocycles. The Kier molecular flexibility index (Phi) is 6.33. The minimum Gasteiger partial charge on any atom is -0.375 e. The van der Waals surface area contributed by atoms with Gasteiger partial charge in [-0.1, -0.05) is 35.8 Å². The van der Waals surface area contributed by atoms with E-state index in [-0.39, 0.29) is 0 Å². The van der Waals surface area contributed by atoms with Crippen LogP contribution in [-0.4, -0.2) is 32.3 Å². The molecule has 0 radical (unpaired) electrons. The van der Waals surface area contributed by atoms with Crippen LogP contribution in [0.1, 0.15) is 32.3 Å². The molecule has 0 saturated carbocycles. The fraction of sp³-hybridized carbons (Fsp3) is 0.625. The highest BCUT2D eigenvalue weighted by atomic mass is 79.9. The van der Waals surface area contributed by atoms with Crippen LogP contribution in [0.25, 0.3) is 0 Å². The molecule has 112 valence electrons. The van der Waals surface area contributed by atoms with E-state index < -0.39 is 0 Å². The van der Waals surface area contributed by atoms with Gasteiger partial charge in [-0.25, -0.2) is 0 Å². The van der Waals surface area contributed by atoms with Crippen molar-refractivity contribution in [1.82, 2.24) is 5.32 Å². The van der Waals surface area contributed by atoms with E-state index in [9.17, 15) is 0 Å². The highest BCUT2D eigenvalue weighted by Gasteiger charge is 2.21. The summed E-state index contributed by atoms with van der Waals surface area (Å²) < 4.78 is 6.92. The average Bonchev–Trinajstić information content (AvgIpc) is 2.49. The zero-order valence-corrected chi connectivity index (χ0v) is 14.1. The van der Waals surface area contributed by atoms with Crippen molar-refractivity contribution in [3.63, 3.8) is 0 Å². The summed E-state index contributed by atoms with van der Waals surface area (Å²) in [6.07, 6.45) is 2.61. The van der Waals surface area contributed by atoms with Gasteiger partial charge in [0.05, 0.1) is 12.7 Å². The van der Waals surface area contributed by atoms with Crippen molar-refractivity contribution < 1.29 is 4.74 Å². The predicted molar refractivity (Wildman–Crippen MR) is 88.4 cm³/mol. The molecule has 4 heteroatoms. The molecule has 1 aromatic carbocycles. The largest absolute Gasteiger partial charge is 0.375 e. The summed E-state index contributed by atoms with van der Waals surface area (Å²) in [7, 11) is 0. The molecule has 0 aromatic heterocycles. The molecular weight excluding hydrogens is 316 g/mol. The Bertz CT molecular complexity index is 425. The first kappa shape index (κ1) is 15.8. The highest BCUT2D eigenvalue weighted by Crippen LogP contribution is 2.27. The van der Waals surface area contributed by atoms with Gasteiger partial charge in [0.25, 0.3) is 0 Å². The summed E-state index contributed by atoms with van der Waals surface area (Å²) in [5.74, 6) is 0. The van der Waals surface area contributed by atoms with Crippen LogP contribution in [0.15, 0.2) is 22.7 Å². The SMILES string of the molecule is CCCNCc1ccc(Br)cc1N1CCOC(CC)C1. The first-order chi connectivity index (χ1) is 9.74. The minimum atomic E-state index is 0.360. The molecule has 1 fully saturated rings. The normalized spacial score (nSPS) is 19.4. The number of nitrogens with one attached hydrogen (secondary N) is 1. The second kappa shape index (κ2) is 8.01. The fourth-order valence-electron chi connectivity index (χ4n) is 2.57. The molecule has 20 heavy (non-hydrogen) atoms. The van der Waals surface area contributed by atoms with Crippen LogP contribution in [0, 0.1) is 0 Å². The molecule has 2 rings (SSSR count). The maximum Gasteiger partial charge on any atom is 0.0748 e. The smallest absolute Gasteiger partial charge is 0.0748 e. The monoisotopic (exact) mass is 340 g/mol. The van der Waals surface area contributed by atoms with E-state index in [1.54, 1.807) is 0 Å². The summed E-state index contributed by atoms with van der Waals surface area (Å²) in [4.78, 5) is 2.46. The number of hydrogen-bond donors (Lipinski definition) is 1. The van der Waals surface area contributed by atoms with Gasteiger partial charge >= 0.3 is 0 Å². The van der Waals surface area contributed by atoms with Crippen LogP contribution in [0.5, 0.6) is 0 Å². The lowest BCUT2D eigenvalue weighted by atomic mass is 10.1. The Morgan fingerprint density at radius 2 is 2.25 bits per heavy atom. The summed E-state index contributed by atoms with van der Waals surface area (Å²) >= 11 is 3.60. The van der Waals surface area contributed by atoms with Gasteiger partial charge in [0.15, 0.2) is 0 Å². The molecule has 1 atom stereocenters. The van der Waals surface area contributed by atoms with Gasteiger partial charge in [0.1, 0.15) is 0 Å². The van der Waals surface area contributed by atoms with Crippen LogP contribution >= 0.6 is 15.9 Å². The predicted octanol–water partition coefficient (Wildman–Crippen LogP) is 3.56. The topological polar surface area (TPSA) is 24.5 Å². The van der Waals surface area contributed by atoms with E-state index in [0.717, 1.165) is 43.7 Å². The molecule has 0 amide bonds. The maximum absolute atomic E-state index is 5.78. The second-order valence-corrected chi connectivity index (χ2v) is 6.21. The number of benzene rings is 1. The van der Waals surface area contributed by atoms with Gasteiger partial charge in [0, 0.05) is 29.8 Å². The molecule has 0 aliphatic carbocycles. The van der Waals surface area contributed by atoms with E-state index >= 15 is 0 Å². The summed E-state index contributed by atoms with van der Waals surface area (Å²) in [5.41, 5.74) is 2.71. The Hall–Kier alpha value is -0.580. The zero-order valence-electron chi connectivity index (χ0n) is 12.5. The lowest BCUT2D eigenvalue weighted by Gasteiger charge is -2.35. The van der Waals surface area contributed by atoms with E-state index in [4.69, 9.17) is 4.74 Å². The lowest BCUT2D eigenvalue weighted by molar-refractivity contribution is 0.0384. The van der Waals surface area contributed by atoms with Gasteiger partial charge in [-0.2, -0.15) is 0 Å². The molecule has 1 heterocycles. The Balaban J connectivity index is 2.13. The second-order valence-electron chi connectivity index (χ2n) is 5.30. The summed E-state index contributed by atoms with van der Waals surface area (Å²) in [6.45, 7) is 9.19. The van der Waals surface area contributed by atoms with Gasteiger partial charge in [0.2, 0.25) is 0 Å². The molecular formula is C16H25BrN2O. The molecule has 0 spiro atoms. The standard InChI is InChI=1S/C16H25BrN2O/c1-3-7-18-11-13-5-6-14(17)10-16(13)19-8-9-20-15(4-2)12-19/h5-6,10,15,18H,3-4,7-9,11-12H2,1-2H3. The molecule has 1 N–H and O–H groups in total. The molecule has 1 aliphatic heterocycles. The quantitative estimate of drug-likeness (QED) is 0.801. The van der Waals surface area contributed by atoms with Crippen molar-refractivity contribution in [2.45, 2.75) is 39.3 Å². The third kappa shape index (κ3) is 4.21. The molecule has 1 aromatic rings. The van der Waals surface area contributed by atoms with E-state index in [1.807, 2.05) is 0 Å². The van der Waals surface area contributed by atoms with Crippen LogP contribution in [0.3, 0.4) is 0 Å². The van der Waals surface area contributed by atoms with E-state index in [2.05, 4.69) is 58.2 Å². The molecule has 1 unspecified atom stereocenters. The van der Waals surface area contributed by atoms with Crippen molar-refractivity contribution in [1.29, 1.82) is 0 Å². The van der Waals surface area contributed by atoms with Gasteiger partial charge < -0.3 is 15.0 Å². The molecule has 3 nitrogen and oxygen atoms in total. The van der Waals surface area contributed by atoms with Crippen LogP contribution in [-0.2, 0) is 11.3 Å². The number of nitrogens with zero attached hydrogens (tertiary/aromatic N) is 1. The Labute approximate surface area is 130 Å². The third-order valence-corrected chi connectivity index (χ3v) is 4.22. The number of anilines is 1. The molecule has 1 aliphatic rings. The minimum absolute atomic E-state index is 0.360. The highest BCUT2D eigenvalue weighted by molar-refractivity contribution is 9.10. The van der Waals surface area contributed by atoms with Crippen LogP contribution < -0.4 is 10.2 Å². The van der Waals surface area contributed by atoms with E-state index in [1.165, 1.54) is 17.7 Å². The van der Waals surface area contributed by atoms with Crippen molar-refractivity contribution in [3.8, 4) is 0 Å². The van der Waals surface area contributed by atoms with Crippen molar-refractivity contribution in [3.05, 3.63) is 28.2 Å². The molecule has 0 bridgehead atoms. The summed E-state index contributed by atoms with van der Waals surface area (Å²) in [6, 6.07) is 6.59. The number of rotatable bonds is 6. The first-order valence-electron chi connectivity index (χ1n) is 7.60. The Morgan fingerprint density at radius 1 is 1.40 bits per heavy atom. The van der Waals surface area contributed by atoms with Crippen LogP contribution in [0.2, 0.25) is 0 Å². The van der Waals surface area contributed by atoms with Gasteiger partial charge in [-0.15, -0.1) is 0 Å². The van der Waals surface area contributed by atoms with Gasteiger partial charge in [-0.05, 0) is 37.1 Å².